The third-order valence-electron chi connectivity index (χ3n) is 4.35. The van der Waals surface area contributed by atoms with Gasteiger partial charge in [-0.1, -0.05) is 31.2 Å². The summed E-state index contributed by atoms with van der Waals surface area (Å²) in [5, 5.41) is 3.02. The van der Waals surface area contributed by atoms with E-state index in [2.05, 4.69) is 36.2 Å². The molecule has 140 valence electrons. The van der Waals surface area contributed by atoms with Crippen molar-refractivity contribution in [2.45, 2.75) is 33.4 Å². The molecule has 0 N–H and O–H groups in total. The Hall–Kier alpha value is -2.66. The highest BCUT2D eigenvalue weighted by Gasteiger charge is 2.12. The van der Waals surface area contributed by atoms with Crippen molar-refractivity contribution in [2.24, 2.45) is 0 Å². The van der Waals surface area contributed by atoms with Crippen LogP contribution in [0.15, 0.2) is 53.9 Å². The SMILES string of the molecule is CCc1ccc(CN(C)C(=O)c2ccc(OCc3csc(C)n3)cc2)cc1. The average Bonchev–Trinajstić information content (AvgIpc) is 3.12. The van der Waals surface area contributed by atoms with Gasteiger partial charge in [-0.2, -0.15) is 0 Å². The number of hydrogen-bond acceptors (Lipinski definition) is 4. The van der Waals surface area contributed by atoms with Crippen LogP contribution in [0.4, 0.5) is 0 Å². The van der Waals surface area contributed by atoms with E-state index in [4.69, 9.17) is 4.74 Å². The summed E-state index contributed by atoms with van der Waals surface area (Å²) in [6.07, 6.45) is 1.02. The van der Waals surface area contributed by atoms with Gasteiger partial charge in [0.1, 0.15) is 12.4 Å². The summed E-state index contributed by atoms with van der Waals surface area (Å²) in [4.78, 5) is 18.8. The summed E-state index contributed by atoms with van der Waals surface area (Å²) >= 11 is 1.61. The molecular weight excluding hydrogens is 356 g/mol. The molecule has 3 rings (SSSR count). The third-order valence-corrected chi connectivity index (χ3v) is 5.17. The van der Waals surface area contributed by atoms with E-state index < -0.39 is 0 Å². The van der Waals surface area contributed by atoms with Crippen LogP contribution in [0.1, 0.15) is 39.1 Å². The number of benzene rings is 2. The van der Waals surface area contributed by atoms with E-state index in [1.807, 2.05) is 31.5 Å². The first-order valence-corrected chi connectivity index (χ1v) is 9.90. The quantitative estimate of drug-likeness (QED) is 0.587. The second-order valence-corrected chi connectivity index (χ2v) is 7.56. The molecule has 0 spiro atoms. The van der Waals surface area contributed by atoms with Crippen LogP contribution in [-0.2, 0) is 19.6 Å². The number of aromatic nitrogens is 1. The lowest BCUT2D eigenvalue weighted by molar-refractivity contribution is 0.0785. The molecule has 0 aliphatic rings. The number of carbonyl (C=O) groups is 1. The number of aryl methyl sites for hydroxylation is 2. The maximum absolute atomic E-state index is 12.6. The second kappa shape index (κ2) is 8.82. The predicted molar refractivity (Wildman–Crippen MR) is 109 cm³/mol. The van der Waals surface area contributed by atoms with Crippen molar-refractivity contribution < 1.29 is 9.53 Å². The van der Waals surface area contributed by atoms with Gasteiger partial charge in [0, 0.05) is 24.5 Å². The fourth-order valence-corrected chi connectivity index (χ4v) is 3.37. The van der Waals surface area contributed by atoms with Crippen molar-refractivity contribution >= 4 is 17.2 Å². The summed E-state index contributed by atoms with van der Waals surface area (Å²) in [7, 11) is 1.82. The molecule has 3 aromatic rings. The molecule has 0 saturated heterocycles. The van der Waals surface area contributed by atoms with E-state index >= 15 is 0 Å². The van der Waals surface area contributed by atoms with Crippen molar-refractivity contribution in [3.63, 3.8) is 0 Å². The highest BCUT2D eigenvalue weighted by Crippen LogP contribution is 2.17. The molecule has 0 aliphatic carbocycles. The Morgan fingerprint density at radius 3 is 2.33 bits per heavy atom. The highest BCUT2D eigenvalue weighted by atomic mass is 32.1. The third kappa shape index (κ3) is 5.17. The van der Waals surface area contributed by atoms with E-state index in [0.717, 1.165) is 28.4 Å². The Bertz CT molecular complexity index is 885. The molecule has 0 saturated carbocycles. The Kier molecular flexibility index (Phi) is 6.24. The number of thiazole rings is 1. The summed E-state index contributed by atoms with van der Waals surface area (Å²) < 4.78 is 5.74. The van der Waals surface area contributed by atoms with Crippen LogP contribution in [0.25, 0.3) is 0 Å². The van der Waals surface area contributed by atoms with Crippen molar-refractivity contribution in [3.05, 3.63) is 81.3 Å². The van der Waals surface area contributed by atoms with Gasteiger partial charge in [-0.05, 0) is 48.7 Å². The Labute approximate surface area is 164 Å². The predicted octanol–water partition coefficient (Wildman–Crippen LogP) is 4.87. The van der Waals surface area contributed by atoms with Crippen LogP contribution in [0.3, 0.4) is 0 Å². The van der Waals surface area contributed by atoms with Crippen LogP contribution in [0.2, 0.25) is 0 Å². The van der Waals surface area contributed by atoms with Crippen molar-refractivity contribution in [1.82, 2.24) is 9.88 Å². The summed E-state index contributed by atoms with van der Waals surface area (Å²) in [5.41, 5.74) is 4.00. The van der Waals surface area contributed by atoms with Gasteiger partial charge in [0.15, 0.2) is 0 Å². The van der Waals surface area contributed by atoms with E-state index in [-0.39, 0.29) is 5.91 Å². The Morgan fingerprint density at radius 2 is 1.74 bits per heavy atom. The first-order chi connectivity index (χ1) is 13.0. The molecule has 2 aromatic carbocycles. The fourth-order valence-electron chi connectivity index (χ4n) is 2.77. The number of nitrogens with zero attached hydrogens (tertiary/aromatic N) is 2. The number of ether oxygens (including phenoxy) is 1. The molecule has 27 heavy (non-hydrogen) atoms. The van der Waals surface area contributed by atoms with Gasteiger partial charge in [-0.25, -0.2) is 4.98 Å². The molecule has 0 atom stereocenters. The molecule has 4 nitrogen and oxygen atoms in total. The molecule has 1 amide bonds. The van der Waals surface area contributed by atoms with E-state index in [1.165, 1.54) is 5.56 Å². The van der Waals surface area contributed by atoms with Gasteiger partial charge in [-0.15, -0.1) is 11.3 Å². The van der Waals surface area contributed by atoms with E-state index in [0.29, 0.717) is 18.7 Å². The minimum absolute atomic E-state index is 0.00348. The van der Waals surface area contributed by atoms with Crippen molar-refractivity contribution in [2.75, 3.05) is 7.05 Å². The zero-order valence-electron chi connectivity index (χ0n) is 15.9. The Balaban J connectivity index is 1.57. The van der Waals surface area contributed by atoms with Crippen LogP contribution < -0.4 is 4.74 Å². The molecule has 0 fully saturated rings. The second-order valence-electron chi connectivity index (χ2n) is 6.50. The fraction of sp³-hybridized carbons (Fsp3) is 0.273. The van der Waals surface area contributed by atoms with Gasteiger partial charge >= 0.3 is 0 Å². The number of amides is 1. The van der Waals surface area contributed by atoms with Gasteiger partial charge in [0.05, 0.1) is 10.7 Å². The molecule has 0 unspecified atom stereocenters. The largest absolute Gasteiger partial charge is 0.487 e. The van der Waals surface area contributed by atoms with Crippen LogP contribution in [-0.4, -0.2) is 22.8 Å². The van der Waals surface area contributed by atoms with Crippen molar-refractivity contribution in [1.29, 1.82) is 0 Å². The van der Waals surface area contributed by atoms with Gasteiger partial charge in [0.2, 0.25) is 0 Å². The van der Waals surface area contributed by atoms with Crippen LogP contribution in [0, 0.1) is 6.92 Å². The normalized spacial score (nSPS) is 10.6. The zero-order valence-corrected chi connectivity index (χ0v) is 16.8. The van der Waals surface area contributed by atoms with Crippen LogP contribution >= 0.6 is 11.3 Å². The molecule has 0 radical (unpaired) electrons. The molecule has 0 aliphatic heterocycles. The average molecular weight is 381 g/mol. The topological polar surface area (TPSA) is 42.4 Å². The molecule has 1 aromatic heterocycles. The lowest BCUT2D eigenvalue weighted by Gasteiger charge is -2.18. The lowest BCUT2D eigenvalue weighted by Crippen LogP contribution is -2.26. The van der Waals surface area contributed by atoms with Crippen LogP contribution in [0.5, 0.6) is 5.75 Å². The number of hydrogen-bond donors (Lipinski definition) is 0. The summed E-state index contributed by atoms with van der Waals surface area (Å²) in [6, 6.07) is 15.7. The minimum atomic E-state index is -0.00348. The molecule has 5 heteroatoms. The maximum atomic E-state index is 12.6. The van der Waals surface area contributed by atoms with Gasteiger partial charge in [-0.3, -0.25) is 4.79 Å². The smallest absolute Gasteiger partial charge is 0.253 e. The Morgan fingerprint density at radius 1 is 1.07 bits per heavy atom. The standard InChI is InChI=1S/C22H24N2O2S/c1-4-17-5-7-18(8-6-17)13-24(3)22(25)19-9-11-21(12-10-19)26-14-20-15-27-16(2)23-20/h5-12,15H,4,13-14H2,1-3H3. The summed E-state index contributed by atoms with van der Waals surface area (Å²) in [6.45, 7) is 5.13. The lowest BCUT2D eigenvalue weighted by atomic mass is 10.1. The summed E-state index contributed by atoms with van der Waals surface area (Å²) in [5.74, 6) is 0.728. The zero-order chi connectivity index (χ0) is 19.2. The maximum Gasteiger partial charge on any atom is 0.253 e. The number of carbonyl (C=O) groups excluding carboxylic acids is 1. The van der Waals surface area contributed by atoms with Gasteiger partial charge < -0.3 is 9.64 Å². The minimum Gasteiger partial charge on any atom is -0.487 e. The first kappa shape index (κ1) is 19.1. The molecular formula is C22H24N2O2S. The molecule has 1 heterocycles. The molecule has 0 bridgehead atoms. The van der Waals surface area contributed by atoms with E-state index in [9.17, 15) is 4.79 Å². The van der Waals surface area contributed by atoms with Gasteiger partial charge in [0.25, 0.3) is 5.91 Å². The van der Waals surface area contributed by atoms with Crippen molar-refractivity contribution in [3.8, 4) is 5.75 Å². The number of rotatable bonds is 7. The highest BCUT2D eigenvalue weighted by molar-refractivity contribution is 7.09. The van der Waals surface area contributed by atoms with E-state index in [1.54, 1.807) is 28.4 Å². The monoisotopic (exact) mass is 380 g/mol. The first-order valence-electron chi connectivity index (χ1n) is 9.02.